The van der Waals surface area contributed by atoms with Crippen molar-refractivity contribution in [3.8, 4) is 16.9 Å². The molecule has 0 radical (unpaired) electrons. The molecule has 0 saturated heterocycles. The Hall–Kier alpha value is -3.27. The number of pyridine rings is 1. The summed E-state index contributed by atoms with van der Waals surface area (Å²) in [6.45, 7) is 0.256. The molecule has 1 saturated carbocycles. The topological polar surface area (TPSA) is 57.7 Å². The van der Waals surface area contributed by atoms with Crippen LogP contribution in [-0.2, 0) is 6.54 Å². The molecule has 0 bridgehead atoms. The Bertz CT molecular complexity index is 1570. The van der Waals surface area contributed by atoms with E-state index < -0.39 is 11.6 Å². The van der Waals surface area contributed by atoms with Crippen molar-refractivity contribution in [2.75, 3.05) is 33.2 Å². The van der Waals surface area contributed by atoms with E-state index >= 15 is 0 Å². The maximum Gasteiger partial charge on any atom is 0.266 e. The second-order valence-corrected chi connectivity index (χ2v) is 11.9. The fourth-order valence-electron chi connectivity index (χ4n) is 5.52. The van der Waals surface area contributed by atoms with E-state index in [9.17, 15) is 13.6 Å². The highest BCUT2D eigenvalue weighted by molar-refractivity contribution is 7.21. The molecule has 10 heteroatoms. The third-order valence-electron chi connectivity index (χ3n) is 7.84. The van der Waals surface area contributed by atoms with Gasteiger partial charge in [-0.3, -0.25) is 4.79 Å². The number of halogens is 3. The lowest BCUT2D eigenvalue weighted by molar-refractivity contribution is 0.0604. The molecule has 0 unspecified atom stereocenters. The summed E-state index contributed by atoms with van der Waals surface area (Å²) < 4.78 is 35.1. The summed E-state index contributed by atoms with van der Waals surface area (Å²) in [5, 5.41) is 3.24. The maximum absolute atomic E-state index is 14.7. The van der Waals surface area contributed by atoms with Gasteiger partial charge in [0.15, 0.2) is 0 Å². The van der Waals surface area contributed by atoms with Gasteiger partial charge in [0.25, 0.3) is 5.91 Å². The van der Waals surface area contributed by atoms with E-state index in [1.165, 1.54) is 0 Å². The number of carbonyl (C=O) groups excluding carboxylic acids is 1. The summed E-state index contributed by atoms with van der Waals surface area (Å²) in [5.74, 6) is -0.105. The van der Waals surface area contributed by atoms with Gasteiger partial charge < -0.3 is 19.9 Å². The Morgan fingerprint density at radius 2 is 1.78 bits per heavy atom. The van der Waals surface area contributed by atoms with Gasteiger partial charge in [0.1, 0.15) is 28.1 Å². The van der Waals surface area contributed by atoms with Crippen molar-refractivity contribution in [2.45, 2.75) is 44.3 Å². The van der Waals surface area contributed by atoms with Crippen LogP contribution in [0.3, 0.4) is 0 Å². The number of amides is 1. The molecule has 6 nitrogen and oxygen atoms in total. The van der Waals surface area contributed by atoms with Crippen LogP contribution in [0.4, 0.5) is 14.6 Å². The highest BCUT2D eigenvalue weighted by Crippen LogP contribution is 2.40. The second kappa shape index (κ2) is 12.3. The first-order chi connectivity index (χ1) is 19.7. The molecule has 5 rings (SSSR count). The predicted octanol–water partition coefficient (Wildman–Crippen LogP) is 7.14. The van der Waals surface area contributed by atoms with E-state index in [-0.39, 0.29) is 38.5 Å². The van der Waals surface area contributed by atoms with Crippen molar-refractivity contribution in [1.82, 2.24) is 15.2 Å². The first kappa shape index (κ1) is 29.2. The number of nitrogens with zero attached hydrogens (tertiary/aromatic N) is 3. The zero-order valence-corrected chi connectivity index (χ0v) is 25.1. The molecule has 1 fully saturated rings. The number of hydrogen-bond donors (Lipinski definition) is 1. The molecule has 2 heterocycles. The smallest absolute Gasteiger partial charge is 0.266 e. The molecule has 216 valence electrons. The lowest BCUT2D eigenvalue weighted by Crippen LogP contribution is -2.44. The molecule has 2 aromatic carbocycles. The van der Waals surface area contributed by atoms with Gasteiger partial charge >= 0.3 is 0 Å². The van der Waals surface area contributed by atoms with Gasteiger partial charge in [-0.05, 0) is 80.3 Å². The first-order valence-electron chi connectivity index (χ1n) is 13.6. The number of nitrogens with one attached hydrogen (secondary N) is 1. The maximum atomic E-state index is 14.7. The quantitative estimate of drug-likeness (QED) is 0.234. The molecule has 1 amide bonds. The molecule has 0 atom stereocenters. The fraction of sp³-hybridized carbons (Fsp3) is 0.355. The molecular formula is C31H33ClF2N4O2S. The number of aromatic nitrogens is 1. The lowest BCUT2D eigenvalue weighted by Gasteiger charge is -2.37. The third-order valence-corrected chi connectivity index (χ3v) is 9.52. The van der Waals surface area contributed by atoms with Gasteiger partial charge in [-0.2, -0.15) is 0 Å². The highest BCUT2D eigenvalue weighted by atomic mass is 35.5. The fourth-order valence-corrected chi connectivity index (χ4v) is 7.02. The van der Waals surface area contributed by atoms with Crippen LogP contribution < -0.4 is 15.0 Å². The minimum Gasteiger partial charge on any atom is -0.496 e. The SMILES string of the molecule is CNC1CCC(N(Cc2cc(-c3ccnc(N(C)C)c3)ccc2OC)C(=O)c2sc3c(F)ccc(F)c3c2Cl)CC1. The van der Waals surface area contributed by atoms with Crippen LogP contribution in [0.1, 0.15) is 40.9 Å². The molecule has 1 aliphatic carbocycles. The third kappa shape index (κ3) is 5.89. The van der Waals surface area contributed by atoms with E-state index in [1.54, 1.807) is 18.2 Å². The van der Waals surface area contributed by atoms with Gasteiger partial charge in [0, 0.05) is 44.5 Å². The number of thiophene rings is 1. The van der Waals surface area contributed by atoms with Crippen molar-refractivity contribution in [3.63, 3.8) is 0 Å². The average molecular weight is 599 g/mol. The Morgan fingerprint density at radius 3 is 2.44 bits per heavy atom. The first-order valence-corrected chi connectivity index (χ1v) is 14.8. The molecule has 0 spiro atoms. The summed E-state index contributed by atoms with van der Waals surface area (Å²) in [7, 11) is 7.43. The predicted molar refractivity (Wildman–Crippen MR) is 162 cm³/mol. The van der Waals surface area contributed by atoms with Gasteiger partial charge in [-0.15, -0.1) is 11.3 Å². The van der Waals surface area contributed by atoms with E-state index in [4.69, 9.17) is 16.3 Å². The van der Waals surface area contributed by atoms with Crippen molar-refractivity contribution < 1.29 is 18.3 Å². The summed E-state index contributed by atoms with van der Waals surface area (Å²) in [6.07, 6.45) is 5.18. The van der Waals surface area contributed by atoms with Crippen LogP contribution in [0.5, 0.6) is 5.75 Å². The van der Waals surface area contributed by atoms with Crippen LogP contribution in [0.2, 0.25) is 5.02 Å². The molecule has 2 aromatic heterocycles. The van der Waals surface area contributed by atoms with Crippen molar-refractivity contribution >= 4 is 44.7 Å². The van der Waals surface area contributed by atoms with Crippen molar-refractivity contribution in [1.29, 1.82) is 0 Å². The molecule has 1 aliphatic rings. The Balaban J connectivity index is 1.56. The number of rotatable bonds is 8. The van der Waals surface area contributed by atoms with E-state index in [1.807, 2.05) is 56.4 Å². The largest absolute Gasteiger partial charge is 0.496 e. The Morgan fingerprint density at radius 1 is 1.07 bits per heavy atom. The van der Waals surface area contributed by atoms with Crippen LogP contribution in [0, 0.1) is 11.6 Å². The van der Waals surface area contributed by atoms with E-state index in [0.717, 1.165) is 71.7 Å². The van der Waals surface area contributed by atoms with Crippen LogP contribution >= 0.6 is 22.9 Å². The van der Waals surface area contributed by atoms with E-state index in [0.29, 0.717) is 11.8 Å². The number of carbonyl (C=O) groups is 1. The van der Waals surface area contributed by atoms with Crippen LogP contribution in [0.15, 0.2) is 48.7 Å². The Kier molecular flexibility index (Phi) is 8.77. The minimum atomic E-state index is -0.647. The summed E-state index contributed by atoms with van der Waals surface area (Å²) >= 11 is 7.48. The summed E-state index contributed by atoms with van der Waals surface area (Å²) in [6, 6.07) is 12.3. The minimum absolute atomic E-state index is 0.0466. The van der Waals surface area contributed by atoms with Crippen LogP contribution in [-0.4, -0.2) is 56.1 Å². The molecule has 0 aliphatic heterocycles. The summed E-state index contributed by atoms with van der Waals surface area (Å²) in [4.78, 5) is 22.5. The monoisotopic (exact) mass is 598 g/mol. The molecule has 4 aromatic rings. The second-order valence-electron chi connectivity index (χ2n) is 10.5. The summed E-state index contributed by atoms with van der Waals surface area (Å²) in [5.41, 5.74) is 2.77. The van der Waals surface area contributed by atoms with Crippen molar-refractivity contribution in [3.05, 3.63) is 75.8 Å². The average Bonchev–Trinajstić information content (AvgIpc) is 3.35. The number of benzene rings is 2. The standard InChI is InChI=1S/C31H33ClF2N4O2S/c1-35-21-6-8-22(9-7-21)38(31(39)30-28(32)27-23(33)10-11-24(34)29(27)41-30)17-20-15-18(5-12-25(20)40-4)19-13-14-36-26(16-19)37(2)3/h5,10-16,21-22,35H,6-9,17H2,1-4H3. The van der Waals surface area contributed by atoms with Gasteiger partial charge in [-0.1, -0.05) is 17.7 Å². The van der Waals surface area contributed by atoms with Gasteiger partial charge in [0.05, 0.1) is 22.2 Å². The van der Waals surface area contributed by atoms with Crippen LogP contribution in [0.25, 0.3) is 21.2 Å². The van der Waals surface area contributed by atoms with E-state index in [2.05, 4.69) is 10.3 Å². The molecule has 1 N–H and O–H groups in total. The number of methoxy groups -OCH3 is 1. The number of anilines is 1. The lowest BCUT2D eigenvalue weighted by atomic mass is 9.89. The zero-order valence-electron chi connectivity index (χ0n) is 23.5. The Labute approximate surface area is 247 Å². The number of fused-ring (bicyclic) bond motifs is 1. The molecular weight excluding hydrogens is 566 g/mol. The van der Waals surface area contributed by atoms with Crippen molar-refractivity contribution in [2.24, 2.45) is 0 Å². The van der Waals surface area contributed by atoms with Gasteiger partial charge in [0.2, 0.25) is 0 Å². The highest BCUT2D eigenvalue weighted by Gasteiger charge is 2.33. The normalized spacial score (nSPS) is 17.0. The number of ether oxygens (including phenoxy) is 1. The zero-order chi connectivity index (χ0) is 29.3. The van der Waals surface area contributed by atoms with Gasteiger partial charge in [-0.25, -0.2) is 13.8 Å². The number of hydrogen-bond acceptors (Lipinski definition) is 6. The molecule has 41 heavy (non-hydrogen) atoms.